The zero-order valence-corrected chi connectivity index (χ0v) is 15.5. The molecule has 6 heteroatoms. The predicted molar refractivity (Wildman–Crippen MR) is 101 cm³/mol. The molecule has 0 unspecified atom stereocenters. The average Bonchev–Trinajstić information content (AvgIpc) is 3.52. The van der Waals surface area contributed by atoms with Crippen LogP contribution in [-0.2, 0) is 17.7 Å². The van der Waals surface area contributed by atoms with E-state index in [0.29, 0.717) is 24.7 Å². The quantitative estimate of drug-likeness (QED) is 0.903. The summed E-state index contributed by atoms with van der Waals surface area (Å²) < 4.78 is 8.51. The Labute approximate surface area is 159 Å². The summed E-state index contributed by atoms with van der Waals surface area (Å²) in [5, 5.41) is 3.37. The highest BCUT2D eigenvalue weighted by atomic mass is 16.5. The molecule has 0 spiro atoms. The first-order valence-corrected chi connectivity index (χ1v) is 10.0. The molecule has 1 amide bonds. The summed E-state index contributed by atoms with van der Waals surface area (Å²) >= 11 is 0. The Morgan fingerprint density at radius 1 is 1.15 bits per heavy atom. The van der Waals surface area contributed by atoms with E-state index in [2.05, 4.69) is 27.0 Å². The van der Waals surface area contributed by atoms with Crippen molar-refractivity contribution in [3.63, 3.8) is 0 Å². The number of carbonyl (C=O) groups is 1. The van der Waals surface area contributed by atoms with E-state index in [1.165, 1.54) is 12.8 Å². The maximum Gasteiger partial charge on any atom is 0.274 e. The first-order chi connectivity index (χ1) is 13.3. The standard InChI is InChI=1S/C21H26N4O2/c26-21(17-12-24-11-10-22-9-8-20(24)23-17)25-13-18(15-4-2-1-3-5-15)27-19(14-25)16-6-7-16/h1-5,12,16,18-19,22H,6-11,13-14H2/t18-,19+/m0/s1. The van der Waals surface area contributed by atoms with Gasteiger partial charge in [-0.2, -0.15) is 0 Å². The van der Waals surface area contributed by atoms with Crippen LogP contribution in [0, 0.1) is 5.92 Å². The Morgan fingerprint density at radius 2 is 2.00 bits per heavy atom. The van der Waals surface area contributed by atoms with Gasteiger partial charge in [-0.1, -0.05) is 30.3 Å². The fourth-order valence-electron chi connectivity index (χ4n) is 4.17. The number of nitrogens with one attached hydrogen (secondary N) is 1. The topological polar surface area (TPSA) is 59.4 Å². The number of aromatic nitrogens is 2. The summed E-state index contributed by atoms with van der Waals surface area (Å²) in [6, 6.07) is 10.3. The first-order valence-electron chi connectivity index (χ1n) is 10.0. The highest BCUT2D eigenvalue weighted by molar-refractivity contribution is 5.92. The Kier molecular flexibility index (Phi) is 4.45. The molecule has 27 heavy (non-hydrogen) atoms. The van der Waals surface area contributed by atoms with Crippen LogP contribution in [0.3, 0.4) is 0 Å². The van der Waals surface area contributed by atoms with E-state index < -0.39 is 0 Å². The molecular weight excluding hydrogens is 340 g/mol. The van der Waals surface area contributed by atoms with Crippen LogP contribution < -0.4 is 5.32 Å². The summed E-state index contributed by atoms with van der Waals surface area (Å²) in [4.78, 5) is 19.9. The highest BCUT2D eigenvalue weighted by Crippen LogP contribution is 2.39. The van der Waals surface area contributed by atoms with Crippen LogP contribution in [0.15, 0.2) is 36.5 Å². The van der Waals surface area contributed by atoms with Crippen molar-refractivity contribution in [3.05, 3.63) is 53.6 Å². The molecule has 1 saturated carbocycles. The van der Waals surface area contributed by atoms with Crippen molar-refractivity contribution in [2.45, 2.75) is 38.0 Å². The van der Waals surface area contributed by atoms with Crippen LogP contribution in [0.4, 0.5) is 0 Å². The van der Waals surface area contributed by atoms with Gasteiger partial charge in [0.2, 0.25) is 0 Å². The molecule has 1 aromatic heterocycles. The summed E-state index contributed by atoms with van der Waals surface area (Å²) in [5.41, 5.74) is 1.72. The lowest BCUT2D eigenvalue weighted by molar-refractivity contribution is -0.0864. The van der Waals surface area contributed by atoms with E-state index in [1.54, 1.807) is 0 Å². The maximum absolute atomic E-state index is 13.2. The minimum atomic E-state index is -0.0564. The second kappa shape index (κ2) is 7.09. The summed E-state index contributed by atoms with van der Waals surface area (Å²) in [6.45, 7) is 3.98. The first kappa shape index (κ1) is 17.0. The third-order valence-electron chi connectivity index (χ3n) is 5.87. The van der Waals surface area contributed by atoms with E-state index in [1.807, 2.05) is 29.3 Å². The minimum Gasteiger partial charge on any atom is -0.366 e. The summed E-state index contributed by atoms with van der Waals surface area (Å²) in [7, 11) is 0. The van der Waals surface area contributed by atoms with Crippen LogP contribution in [0.2, 0.25) is 0 Å². The largest absolute Gasteiger partial charge is 0.366 e. The van der Waals surface area contributed by atoms with Crippen molar-refractivity contribution in [1.29, 1.82) is 0 Å². The fraction of sp³-hybridized carbons (Fsp3) is 0.524. The lowest BCUT2D eigenvalue weighted by atomic mass is 10.0. The molecule has 0 bridgehead atoms. The van der Waals surface area contributed by atoms with E-state index in [4.69, 9.17) is 4.74 Å². The zero-order valence-electron chi connectivity index (χ0n) is 15.5. The van der Waals surface area contributed by atoms with Crippen LogP contribution in [-0.4, -0.2) is 52.6 Å². The maximum atomic E-state index is 13.2. The second-order valence-electron chi connectivity index (χ2n) is 7.86. The minimum absolute atomic E-state index is 0.0402. The van der Waals surface area contributed by atoms with Gasteiger partial charge in [0.05, 0.1) is 12.6 Å². The van der Waals surface area contributed by atoms with Gasteiger partial charge in [0, 0.05) is 38.8 Å². The zero-order chi connectivity index (χ0) is 18.2. The number of nitrogens with zero attached hydrogens (tertiary/aromatic N) is 3. The molecule has 6 nitrogen and oxygen atoms in total. The van der Waals surface area contributed by atoms with Gasteiger partial charge in [-0.3, -0.25) is 4.79 Å². The van der Waals surface area contributed by atoms with Gasteiger partial charge in [0.25, 0.3) is 5.91 Å². The Hall–Kier alpha value is -2.18. The molecule has 3 heterocycles. The number of ether oxygens (including phenoxy) is 1. The third-order valence-corrected chi connectivity index (χ3v) is 5.87. The van der Waals surface area contributed by atoms with E-state index >= 15 is 0 Å². The molecule has 2 fully saturated rings. The van der Waals surface area contributed by atoms with Crippen molar-refractivity contribution < 1.29 is 9.53 Å². The van der Waals surface area contributed by atoms with Crippen LogP contribution in [0.25, 0.3) is 0 Å². The van der Waals surface area contributed by atoms with Crippen molar-refractivity contribution in [3.8, 4) is 0 Å². The van der Waals surface area contributed by atoms with Crippen molar-refractivity contribution in [2.24, 2.45) is 5.92 Å². The van der Waals surface area contributed by atoms with E-state index in [9.17, 15) is 4.79 Å². The van der Waals surface area contributed by atoms with Crippen molar-refractivity contribution in [2.75, 3.05) is 26.2 Å². The van der Waals surface area contributed by atoms with Gasteiger partial charge in [-0.25, -0.2) is 4.98 Å². The number of carbonyl (C=O) groups excluding carboxylic acids is 1. The summed E-state index contributed by atoms with van der Waals surface area (Å²) in [5.74, 6) is 1.64. The number of hydrogen-bond acceptors (Lipinski definition) is 4. The number of rotatable bonds is 3. The molecular formula is C21H26N4O2. The van der Waals surface area contributed by atoms with E-state index in [0.717, 1.165) is 37.4 Å². The third kappa shape index (κ3) is 3.51. The van der Waals surface area contributed by atoms with Crippen molar-refractivity contribution >= 4 is 5.91 Å². The number of fused-ring (bicyclic) bond motifs is 1. The lowest BCUT2D eigenvalue weighted by Gasteiger charge is -2.38. The summed E-state index contributed by atoms with van der Waals surface area (Å²) in [6.07, 6.45) is 5.30. The molecule has 2 aromatic rings. The second-order valence-corrected chi connectivity index (χ2v) is 7.86. The smallest absolute Gasteiger partial charge is 0.274 e. The average molecular weight is 366 g/mol. The number of morpholine rings is 1. The normalized spacial score (nSPS) is 25.7. The molecule has 5 rings (SSSR count). The Balaban J connectivity index is 1.38. The lowest BCUT2D eigenvalue weighted by Crippen LogP contribution is -2.47. The molecule has 1 aliphatic carbocycles. The molecule has 3 aliphatic rings. The molecule has 1 saturated heterocycles. The molecule has 0 radical (unpaired) electrons. The van der Waals surface area contributed by atoms with Gasteiger partial charge in [-0.05, 0) is 24.3 Å². The number of imidazole rings is 1. The Bertz CT molecular complexity index is 791. The number of hydrogen-bond donors (Lipinski definition) is 1. The SMILES string of the molecule is O=C(c1cn2c(n1)CCNCC2)N1C[C@@H](c2ccccc2)O[C@@H](C2CC2)C1. The van der Waals surface area contributed by atoms with Gasteiger partial charge in [-0.15, -0.1) is 0 Å². The molecule has 1 N–H and O–H groups in total. The van der Waals surface area contributed by atoms with Gasteiger partial charge < -0.3 is 19.5 Å². The highest BCUT2D eigenvalue weighted by Gasteiger charge is 2.40. The molecule has 1 aromatic carbocycles. The monoisotopic (exact) mass is 366 g/mol. The molecule has 142 valence electrons. The Morgan fingerprint density at radius 3 is 2.81 bits per heavy atom. The predicted octanol–water partition coefficient (Wildman–Crippen LogP) is 2.02. The van der Waals surface area contributed by atoms with Crippen molar-refractivity contribution in [1.82, 2.24) is 19.8 Å². The number of benzene rings is 1. The fourth-order valence-corrected chi connectivity index (χ4v) is 4.17. The van der Waals surface area contributed by atoms with Gasteiger partial charge in [0.1, 0.15) is 17.6 Å². The molecule has 2 aliphatic heterocycles. The van der Waals surface area contributed by atoms with Gasteiger partial charge in [0.15, 0.2) is 0 Å². The van der Waals surface area contributed by atoms with Crippen LogP contribution in [0.1, 0.15) is 40.8 Å². The van der Waals surface area contributed by atoms with Gasteiger partial charge >= 0.3 is 0 Å². The van der Waals surface area contributed by atoms with Crippen LogP contribution >= 0.6 is 0 Å². The van der Waals surface area contributed by atoms with E-state index in [-0.39, 0.29) is 18.1 Å². The number of amides is 1. The molecule has 2 atom stereocenters. The van der Waals surface area contributed by atoms with Crippen LogP contribution in [0.5, 0.6) is 0 Å².